The van der Waals surface area contributed by atoms with Gasteiger partial charge >= 0.3 is 0 Å². The van der Waals surface area contributed by atoms with Gasteiger partial charge in [-0.2, -0.15) is 0 Å². The Morgan fingerprint density at radius 1 is 1.42 bits per heavy atom. The average Bonchev–Trinajstić information content (AvgIpc) is 2.45. The maximum atomic E-state index is 10.8. The van der Waals surface area contributed by atoms with E-state index < -0.39 is 0 Å². The fraction of sp³-hybridized carbons (Fsp3) is 0.400. The number of amides is 1. The van der Waals surface area contributed by atoms with Crippen molar-refractivity contribution in [3.8, 4) is 0 Å². The van der Waals surface area contributed by atoms with Crippen molar-refractivity contribution in [2.75, 3.05) is 37.6 Å². The van der Waals surface area contributed by atoms with Gasteiger partial charge in [-0.3, -0.25) is 4.79 Å². The number of hydrogen-bond donors (Lipinski definition) is 2. The number of nitrogens with zero attached hydrogens (tertiary/aromatic N) is 1. The minimum absolute atomic E-state index is 0.000725. The van der Waals surface area contributed by atoms with E-state index in [1.807, 2.05) is 12.2 Å². The lowest BCUT2D eigenvalue weighted by molar-refractivity contribution is -0.118. The molecule has 0 unspecified atom stereocenters. The first kappa shape index (κ1) is 13.6. The van der Waals surface area contributed by atoms with Crippen molar-refractivity contribution in [3.63, 3.8) is 0 Å². The zero-order chi connectivity index (χ0) is 13.5. The van der Waals surface area contributed by atoms with E-state index in [-0.39, 0.29) is 5.91 Å². The molecule has 1 aliphatic rings. The molecule has 1 aliphatic heterocycles. The van der Waals surface area contributed by atoms with Crippen LogP contribution in [-0.4, -0.2) is 38.6 Å². The summed E-state index contributed by atoms with van der Waals surface area (Å²) in [6, 6.07) is 8.50. The predicted octanol–water partition coefficient (Wildman–Crippen LogP) is 1.25. The number of carbonyl (C=O) groups is 1. The van der Waals surface area contributed by atoms with E-state index in [4.69, 9.17) is 0 Å². The topological polar surface area (TPSA) is 44.4 Å². The zero-order valence-electron chi connectivity index (χ0n) is 11.4. The summed E-state index contributed by atoms with van der Waals surface area (Å²) in [7, 11) is 0. The standard InChI is InChI=1S/C15H21N3O/c1-13(19)17-7-3-5-14-4-2-6-15(12-14)18-10-8-16-9-11-18/h2-6,12,16H,7-11H2,1H3,(H,17,19). The SMILES string of the molecule is CC(=O)NCC=Cc1cccc(N2CCNCC2)c1. The van der Waals surface area contributed by atoms with Crippen molar-refractivity contribution in [1.29, 1.82) is 0 Å². The molecule has 1 saturated heterocycles. The van der Waals surface area contributed by atoms with E-state index in [9.17, 15) is 4.79 Å². The highest BCUT2D eigenvalue weighted by Gasteiger charge is 2.09. The van der Waals surface area contributed by atoms with Gasteiger partial charge in [-0.25, -0.2) is 0 Å². The number of benzene rings is 1. The van der Waals surface area contributed by atoms with Gasteiger partial charge in [-0.15, -0.1) is 0 Å². The van der Waals surface area contributed by atoms with Crippen molar-refractivity contribution < 1.29 is 4.79 Å². The number of nitrogens with one attached hydrogen (secondary N) is 2. The Balaban J connectivity index is 1.96. The molecule has 4 nitrogen and oxygen atoms in total. The van der Waals surface area contributed by atoms with Crippen LogP contribution < -0.4 is 15.5 Å². The molecule has 0 radical (unpaired) electrons. The van der Waals surface area contributed by atoms with Crippen LogP contribution in [0.4, 0.5) is 5.69 Å². The lowest BCUT2D eigenvalue weighted by atomic mass is 10.1. The number of rotatable bonds is 4. The first-order chi connectivity index (χ1) is 9.25. The molecule has 0 spiro atoms. The second-order valence-corrected chi connectivity index (χ2v) is 4.67. The lowest BCUT2D eigenvalue weighted by Gasteiger charge is -2.29. The minimum atomic E-state index is -0.000725. The summed E-state index contributed by atoms with van der Waals surface area (Å²) in [6.07, 6.45) is 4.01. The molecule has 0 aliphatic carbocycles. The van der Waals surface area contributed by atoms with Gasteiger partial charge in [0, 0.05) is 45.3 Å². The zero-order valence-corrected chi connectivity index (χ0v) is 11.4. The molecule has 2 N–H and O–H groups in total. The Morgan fingerprint density at radius 2 is 2.21 bits per heavy atom. The summed E-state index contributed by atoms with van der Waals surface area (Å²) in [6.45, 7) is 6.30. The summed E-state index contributed by atoms with van der Waals surface area (Å²) in [5, 5.41) is 6.11. The van der Waals surface area contributed by atoms with E-state index in [0.29, 0.717) is 6.54 Å². The maximum Gasteiger partial charge on any atom is 0.217 e. The number of anilines is 1. The molecule has 19 heavy (non-hydrogen) atoms. The normalized spacial score (nSPS) is 15.7. The van der Waals surface area contributed by atoms with E-state index >= 15 is 0 Å². The number of piperazine rings is 1. The van der Waals surface area contributed by atoms with Crippen molar-refractivity contribution in [1.82, 2.24) is 10.6 Å². The van der Waals surface area contributed by atoms with Crippen molar-refractivity contribution in [2.24, 2.45) is 0 Å². The number of carbonyl (C=O) groups excluding carboxylic acids is 1. The van der Waals surface area contributed by atoms with Gasteiger partial charge in [-0.1, -0.05) is 24.3 Å². The third kappa shape index (κ3) is 4.41. The Kier molecular flexibility index (Phi) is 4.98. The van der Waals surface area contributed by atoms with Crippen LogP contribution in [0.5, 0.6) is 0 Å². The van der Waals surface area contributed by atoms with Crippen LogP contribution >= 0.6 is 0 Å². The van der Waals surface area contributed by atoms with Crippen LogP contribution in [0, 0.1) is 0 Å². The summed E-state index contributed by atoms with van der Waals surface area (Å²) in [5.74, 6) is -0.000725. The van der Waals surface area contributed by atoms with Crippen molar-refractivity contribution in [2.45, 2.75) is 6.92 Å². The van der Waals surface area contributed by atoms with Crippen LogP contribution in [0.2, 0.25) is 0 Å². The molecule has 1 fully saturated rings. The molecule has 0 aromatic heterocycles. The van der Waals surface area contributed by atoms with Gasteiger partial charge in [0.1, 0.15) is 0 Å². The monoisotopic (exact) mass is 259 g/mol. The summed E-state index contributed by atoms with van der Waals surface area (Å²) < 4.78 is 0. The van der Waals surface area contributed by atoms with Crippen LogP contribution in [0.3, 0.4) is 0 Å². The molecule has 0 saturated carbocycles. The van der Waals surface area contributed by atoms with Crippen molar-refractivity contribution in [3.05, 3.63) is 35.9 Å². The molecule has 0 atom stereocenters. The fourth-order valence-electron chi connectivity index (χ4n) is 2.15. The van der Waals surface area contributed by atoms with Gasteiger partial charge in [0.05, 0.1) is 0 Å². The molecule has 1 heterocycles. The van der Waals surface area contributed by atoms with Gasteiger partial charge in [0.2, 0.25) is 5.91 Å². The molecular weight excluding hydrogens is 238 g/mol. The lowest BCUT2D eigenvalue weighted by Crippen LogP contribution is -2.43. The smallest absolute Gasteiger partial charge is 0.217 e. The van der Waals surface area contributed by atoms with Gasteiger partial charge < -0.3 is 15.5 Å². The second kappa shape index (κ2) is 6.95. The third-order valence-corrected chi connectivity index (χ3v) is 3.13. The quantitative estimate of drug-likeness (QED) is 0.855. The maximum absolute atomic E-state index is 10.8. The number of hydrogen-bond acceptors (Lipinski definition) is 3. The van der Waals surface area contributed by atoms with Crippen LogP contribution in [-0.2, 0) is 4.79 Å². The Bertz CT molecular complexity index is 450. The van der Waals surface area contributed by atoms with Crippen LogP contribution in [0.25, 0.3) is 6.08 Å². The highest BCUT2D eigenvalue weighted by molar-refractivity contribution is 5.73. The molecule has 102 valence electrons. The minimum Gasteiger partial charge on any atom is -0.369 e. The molecule has 1 amide bonds. The van der Waals surface area contributed by atoms with Crippen LogP contribution in [0.15, 0.2) is 30.3 Å². The molecule has 1 aromatic carbocycles. The Labute approximate surface area is 114 Å². The first-order valence-corrected chi connectivity index (χ1v) is 6.72. The Morgan fingerprint density at radius 3 is 2.95 bits per heavy atom. The first-order valence-electron chi connectivity index (χ1n) is 6.72. The second-order valence-electron chi connectivity index (χ2n) is 4.67. The van der Waals surface area contributed by atoms with Gasteiger partial charge in [0.25, 0.3) is 0 Å². The summed E-state index contributed by atoms with van der Waals surface area (Å²) in [4.78, 5) is 13.1. The molecule has 2 rings (SSSR count). The third-order valence-electron chi connectivity index (χ3n) is 3.13. The van der Waals surface area contributed by atoms with E-state index in [1.54, 1.807) is 0 Å². The predicted molar refractivity (Wildman–Crippen MR) is 79.2 cm³/mol. The largest absolute Gasteiger partial charge is 0.369 e. The van der Waals surface area contributed by atoms with Crippen LogP contribution in [0.1, 0.15) is 12.5 Å². The molecule has 0 bridgehead atoms. The van der Waals surface area contributed by atoms with Gasteiger partial charge in [-0.05, 0) is 17.7 Å². The summed E-state index contributed by atoms with van der Waals surface area (Å²) >= 11 is 0. The highest BCUT2D eigenvalue weighted by Crippen LogP contribution is 2.17. The fourth-order valence-corrected chi connectivity index (χ4v) is 2.15. The Hall–Kier alpha value is -1.81. The molecule has 1 aromatic rings. The van der Waals surface area contributed by atoms with Crippen molar-refractivity contribution >= 4 is 17.7 Å². The average molecular weight is 259 g/mol. The molecular formula is C15H21N3O. The highest BCUT2D eigenvalue weighted by atomic mass is 16.1. The summed E-state index contributed by atoms with van der Waals surface area (Å²) in [5.41, 5.74) is 2.43. The van der Waals surface area contributed by atoms with E-state index in [2.05, 4.69) is 39.8 Å². The van der Waals surface area contributed by atoms with Gasteiger partial charge in [0.15, 0.2) is 0 Å². The van der Waals surface area contributed by atoms with E-state index in [1.165, 1.54) is 18.2 Å². The van der Waals surface area contributed by atoms with E-state index in [0.717, 1.165) is 26.2 Å². The molecule has 4 heteroatoms.